The molecule has 130 valence electrons. The highest BCUT2D eigenvalue weighted by Gasteiger charge is 2.13. The van der Waals surface area contributed by atoms with E-state index in [1.807, 2.05) is 50.2 Å². The summed E-state index contributed by atoms with van der Waals surface area (Å²) >= 11 is 0. The molecule has 5 nitrogen and oxygen atoms in total. The standard InChI is InChI=1S/C21H19N3O2/c1-14-8-9-15(2)19(10-14)24-21(26)17-11-16(12-22-13-17)20(25)23-18-6-4-3-5-7-18/h3-13H,1-2H3,(H,23,25)(H,24,26). The lowest BCUT2D eigenvalue weighted by atomic mass is 10.1. The normalized spacial score (nSPS) is 10.2. The molecule has 26 heavy (non-hydrogen) atoms. The van der Waals surface area contributed by atoms with Gasteiger partial charge in [0, 0.05) is 23.8 Å². The number of hydrogen-bond donors (Lipinski definition) is 2. The minimum Gasteiger partial charge on any atom is -0.322 e. The lowest BCUT2D eigenvalue weighted by Crippen LogP contribution is -2.16. The zero-order valence-corrected chi connectivity index (χ0v) is 14.6. The van der Waals surface area contributed by atoms with Gasteiger partial charge in [-0.05, 0) is 49.2 Å². The van der Waals surface area contributed by atoms with Gasteiger partial charge in [0.1, 0.15) is 0 Å². The molecular formula is C21H19N3O2. The molecule has 2 aromatic carbocycles. The summed E-state index contributed by atoms with van der Waals surface area (Å²) < 4.78 is 0. The summed E-state index contributed by atoms with van der Waals surface area (Å²) in [5, 5.41) is 5.65. The Labute approximate surface area is 152 Å². The quantitative estimate of drug-likeness (QED) is 0.744. The minimum absolute atomic E-state index is 0.305. The highest BCUT2D eigenvalue weighted by Crippen LogP contribution is 2.18. The largest absolute Gasteiger partial charge is 0.322 e. The van der Waals surface area contributed by atoms with Crippen LogP contribution in [0.15, 0.2) is 67.0 Å². The number of carbonyl (C=O) groups is 2. The number of carbonyl (C=O) groups excluding carboxylic acids is 2. The fourth-order valence-electron chi connectivity index (χ4n) is 2.48. The van der Waals surface area contributed by atoms with Crippen molar-refractivity contribution in [3.05, 3.63) is 89.2 Å². The maximum absolute atomic E-state index is 12.5. The van der Waals surface area contributed by atoms with Gasteiger partial charge in [-0.3, -0.25) is 14.6 Å². The van der Waals surface area contributed by atoms with E-state index in [2.05, 4.69) is 15.6 Å². The summed E-state index contributed by atoms with van der Waals surface area (Å²) in [5.41, 5.74) is 4.10. The molecule has 0 saturated carbocycles. The van der Waals surface area contributed by atoms with Gasteiger partial charge in [-0.15, -0.1) is 0 Å². The number of rotatable bonds is 4. The average Bonchev–Trinajstić information content (AvgIpc) is 2.65. The molecule has 0 radical (unpaired) electrons. The average molecular weight is 345 g/mol. The van der Waals surface area contributed by atoms with Crippen molar-refractivity contribution in [2.75, 3.05) is 10.6 Å². The van der Waals surface area contributed by atoms with Crippen molar-refractivity contribution < 1.29 is 9.59 Å². The molecule has 0 bridgehead atoms. The van der Waals surface area contributed by atoms with Crippen LogP contribution in [-0.4, -0.2) is 16.8 Å². The van der Waals surface area contributed by atoms with Crippen molar-refractivity contribution in [2.24, 2.45) is 0 Å². The first kappa shape index (κ1) is 17.4. The number of aromatic nitrogens is 1. The Balaban J connectivity index is 1.77. The molecule has 5 heteroatoms. The summed E-state index contributed by atoms with van der Waals surface area (Å²) in [7, 11) is 0. The van der Waals surface area contributed by atoms with E-state index in [-0.39, 0.29) is 11.8 Å². The number of pyridine rings is 1. The smallest absolute Gasteiger partial charge is 0.257 e. The Kier molecular flexibility index (Phi) is 5.08. The molecule has 0 spiro atoms. The number of amides is 2. The third kappa shape index (κ3) is 4.13. The SMILES string of the molecule is Cc1ccc(C)c(NC(=O)c2cncc(C(=O)Nc3ccccc3)c2)c1. The maximum atomic E-state index is 12.5. The monoisotopic (exact) mass is 345 g/mol. The predicted molar refractivity (Wildman–Crippen MR) is 103 cm³/mol. The second-order valence-electron chi connectivity index (χ2n) is 6.05. The van der Waals surface area contributed by atoms with Gasteiger partial charge in [0.15, 0.2) is 0 Å². The van der Waals surface area contributed by atoms with Crippen molar-refractivity contribution in [1.29, 1.82) is 0 Å². The number of nitrogens with one attached hydrogen (secondary N) is 2. The lowest BCUT2D eigenvalue weighted by molar-refractivity contribution is 0.102. The molecule has 0 saturated heterocycles. The van der Waals surface area contributed by atoms with Crippen LogP contribution in [-0.2, 0) is 0 Å². The van der Waals surface area contributed by atoms with Crippen LogP contribution in [0.4, 0.5) is 11.4 Å². The van der Waals surface area contributed by atoms with Crippen LogP contribution in [0.5, 0.6) is 0 Å². The van der Waals surface area contributed by atoms with Crippen LogP contribution in [0.3, 0.4) is 0 Å². The van der Waals surface area contributed by atoms with Crippen LogP contribution in [0.1, 0.15) is 31.8 Å². The Morgan fingerprint density at radius 3 is 2.15 bits per heavy atom. The molecule has 0 unspecified atom stereocenters. The highest BCUT2D eigenvalue weighted by molar-refractivity contribution is 6.08. The summed E-state index contributed by atoms with van der Waals surface area (Å²) in [6.45, 7) is 3.89. The number of hydrogen-bond acceptors (Lipinski definition) is 3. The molecule has 2 amide bonds. The van der Waals surface area contributed by atoms with Crippen molar-refractivity contribution in [2.45, 2.75) is 13.8 Å². The molecule has 2 N–H and O–H groups in total. The van der Waals surface area contributed by atoms with E-state index in [1.165, 1.54) is 18.5 Å². The third-order valence-corrected chi connectivity index (χ3v) is 3.94. The molecular weight excluding hydrogens is 326 g/mol. The molecule has 0 aliphatic rings. The van der Waals surface area contributed by atoms with Crippen molar-refractivity contribution in [1.82, 2.24) is 4.98 Å². The molecule has 3 aromatic rings. The third-order valence-electron chi connectivity index (χ3n) is 3.94. The molecule has 1 heterocycles. The zero-order valence-electron chi connectivity index (χ0n) is 14.6. The first-order chi connectivity index (χ1) is 12.5. The Hall–Kier alpha value is -3.47. The van der Waals surface area contributed by atoms with Gasteiger partial charge in [-0.2, -0.15) is 0 Å². The van der Waals surface area contributed by atoms with Crippen LogP contribution in [0.2, 0.25) is 0 Å². The second-order valence-corrected chi connectivity index (χ2v) is 6.05. The zero-order chi connectivity index (χ0) is 18.5. The fraction of sp³-hybridized carbons (Fsp3) is 0.0952. The molecule has 0 fully saturated rings. The summed E-state index contributed by atoms with van der Waals surface area (Å²) in [6.07, 6.45) is 2.88. The van der Waals surface area contributed by atoms with Gasteiger partial charge in [0.05, 0.1) is 11.1 Å². The molecule has 0 atom stereocenters. The lowest BCUT2D eigenvalue weighted by Gasteiger charge is -2.10. The number of benzene rings is 2. The van der Waals surface area contributed by atoms with Gasteiger partial charge in [0.25, 0.3) is 11.8 Å². The molecule has 1 aromatic heterocycles. The fourth-order valence-corrected chi connectivity index (χ4v) is 2.48. The Morgan fingerprint density at radius 1 is 0.808 bits per heavy atom. The Bertz CT molecular complexity index is 952. The number of nitrogens with zero attached hydrogens (tertiary/aromatic N) is 1. The van der Waals surface area contributed by atoms with Gasteiger partial charge >= 0.3 is 0 Å². The second kappa shape index (κ2) is 7.61. The topological polar surface area (TPSA) is 71.1 Å². The van der Waals surface area contributed by atoms with Gasteiger partial charge < -0.3 is 10.6 Å². The maximum Gasteiger partial charge on any atom is 0.257 e. The Morgan fingerprint density at radius 2 is 1.46 bits per heavy atom. The van der Waals surface area contributed by atoms with E-state index in [1.54, 1.807) is 12.1 Å². The van der Waals surface area contributed by atoms with E-state index in [4.69, 9.17) is 0 Å². The van der Waals surface area contributed by atoms with Crippen molar-refractivity contribution in [3.8, 4) is 0 Å². The van der Waals surface area contributed by atoms with E-state index < -0.39 is 0 Å². The summed E-state index contributed by atoms with van der Waals surface area (Å²) in [4.78, 5) is 28.9. The minimum atomic E-state index is -0.315. The van der Waals surface area contributed by atoms with Crippen LogP contribution < -0.4 is 10.6 Å². The molecule has 0 aliphatic carbocycles. The van der Waals surface area contributed by atoms with Crippen LogP contribution in [0, 0.1) is 13.8 Å². The van der Waals surface area contributed by atoms with E-state index in [0.29, 0.717) is 16.8 Å². The van der Waals surface area contributed by atoms with Crippen LogP contribution in [0.25, 0.3) is 0 Å². The molecule has 0 aliphatic heterocycles. The van der Waals surface area contributed by atoms with E-state index >= 15 is 0 Å². The van der Waals surface area contributed by atoms with Gasteiger partial charge in [0.2, 0.25) is 0 Å². The predicted octanol–water partition coefficient (Wildman–Crippen LogP) is 4.20. The van der Waals surface area contributed by atoms with Gasteiger partial charge in [-0.25, -0.2) is 0 Å². The number of anilines is 2. The first-order valence-electron chi connectivity index (χ1n) is 8.23. The van der Waals surface area contributed by atoms with Crippen molar-refractivity contribution >= 4 is 23.2 Å². The van der Waals surface area contributed by atoms with Crippen molar-refractivity contribution in [3.63, 3.8) is 0 Å². The number of para-hydroxylation sites is 1. The van der Waals surface area contributed by atoms with E-state index in [9.17, 15) is 9.59 Å². The first-order valence-corrected chi connectivity index (χ1v) is 8.23. The molecule has 3 rings (SSSR count). The summed E-state index contributed by atoms with van der Waals surface area (Å²) in [5.74, 6) is -0.620. The highest BCUT2D eigenvalue weighted by atomic mass is 16.2. The summed E-state index contributed by atoms with van der Waals surface area (Å²) in [6, 6.07) is 16.5. The van der Waals surface area contributed by atoms with Crippen LogP contribution >= 0.6 is 0 Å². The van der Waals surface area contributed by atoms with E-state index in [0.717, 1.165) is 16.8 Å². The van der Waals surface area contributed by atoms with Gasteiger partial charge in [-0.1, -0.05) is 30.3 Å². The number of aryl methyl sites for hydroxylation is 2.